The highest BCUT2D eigenvalue weighted by Crippen LogP contribution is 2.37. The largest absolute Gasteiger partial charge is 0.486 e. The van der Waals surface area contributed by atoms with Gasteiger partial charge in [0.05, 0.1) is 11.3 Å². The lowest BCUT2D eigenvalue weighted by Gasteiger charge is -2.20. The van der Waals surface area contributed by atoms with Gasteiger partial charge in [0.2, 0.25) is 0 Å². The first kappa shape index (κ1) is 17.6. The molecule has 0 atom stereocenters. The van der Waals surface area contributed by atoms with Crippen LogP contribution in [0.4, 0.5) is 5.69 Å². The molecule has 0 radical (unpaired) electrons. The van der Waals surface area contributed by atoms with Crippen LogP contribution in [-0.2, 0) is 10.0 Å². The van der Waals surface area contributed by atoms with E-state index in [2.05, 4.69) is 20.7 Å². The minimum atomic E-state index is -4.00. The van der Waals surface area contributed by atoms with E-state index >= 15 is 0 Å². The Hall–Kier alpha value is -2.26. The lowest BCUT2D eigenvalue weighted by Crippen LogP contribution is -2.19. The first-order chi connectivity index (χ1) is 11.8. The summed E-state index contributed by atoms with van der Waals surface area (Å²) in [5, 5.41) is 9.39. The fourth-order valence-corrected chi connectivity index (χ4v) is 4.64. The third-order valence-electron chi connectivity index (χ3n) is 3.53. The third kappa shape index (κ3) is 3.57. The quantitative estimate of drug-likeness (QED) is 0.777. The van der Waals surface area contributed by atoms with Crippen LogP contribution in [0.2, 0.25) is 0 Å². The van der Waals surface area contributed by atoms with Crippen LogP contribution in [0.25, 0.3) is 0 Å². The van der Waals surface area contributed by atoms with Gasteiger partial charge in [0.15, 0.2) is 11.5 Å². The summed E-state index contributed by atoms with van der Waals surface area (Å²) < 4.78 is 38.8. The van der Waals surface area contributed by atoms with Gasteiger partial charge in [-0.05, 0) is 40.5 Å². The second-order valence-corrected chi connectivity index (χ2v) is 7.89. The van der Waals surface area contributed by atoms with Crippen LogP contribution in [0.3, 0.4) is 0 Å². The van der Waals surface area contributed by atoms with Gasteiger partial charge >= 0.3 is 5.97 Å². The molecule has 3 rings (SSSR count). The number of halogens is 1. The number of carboxylic acid groups (broad SMARTS) is 1. The number of ether oxygens (including phenoxy) is 2. The van der Waals surface area contributed by atoms with Gasteiger partial charge in [-0.1, -0.05) is 6.07 Å². The van der Waals surface area contributed by atoms with Crippen molar-refractivity contribution in [1.82, 2.24) is 0 Å². The number of nitrogens with one attached hydrogen (secondary N) is 1. The monoisotopic (exact) mass is 427 g/mol. The first-order valence-corrected chi connectivity index (χ1v) is 9.51. The summed E-state index contributed by atoms with van der Waals surface area (Å²) in [5.74, 6) is -0.724. The second kappa shape index (κ2) is 6.57. The normalized spacial score (nSPS) is 13.4. The maximum absolute atomic E-state index is 12.7. The molecule has 0 unspecified atom stereocenters. The maximum atomic E-state index is 12.7. The molecule has 0 saturated carbocycles. The Morgan fingerprint density at radius 2 is 1.80 bits per heavy atom. The minimum absolute atomic E-state index is 0.00401. The van der Waals surface area contributed by atoms with Crippen LogP contribution in [0, 0.1) is 6.92 Å². The highest BCUT2D eigenvalue weighted by molar-refractivity contribution is 9.10. The molecule has 9 heteroatoms. The molecule has 0 fully saturated rings. The molecule has 1 aliphatic rings. The zero-order valence-corrected chi connectivity index (χ0v) is 15.5. The van der Waals surface area contributed by atoms with Gasteiger partial charge in [-0.2, -0.15) is 0 Å². The molecule has 1 aliphatic heterocycles. The number of carbonyl (C=O) groups is 1. The van der Waals surface area contributed by atoms with Crippen molar-refractivity contribution >= 4 is 37.6 Å². The molecule has 0 amide bonds. The maximum Gasteiger partial charge on any atom is 0.337 e. The number of aromatic carboxylic acids is 1. The van der Waals surface area contributed by atoms with Crippen molar-refractivity contribution in [2.24, 2.45) is 0 Å². The number of hydrogen-bond donors (Lipinski definition) is 2. The number of aryl methyl sites for hydroxylation is 1. The fraction of sp³-hybridized carbons (Fsp3) is 0.188. The molecular formula is C16H14BrNO6S. The third-order valence-corrected chi connectivity index (χ3v) is 5.88. The summed E-state index contributed by atoms with van der Waals surface area (Å²) in [7, 11) is -4.00. The minimum Gasteiger partial charge on any atom is -0.486 e. The number of sulfonamides is 1. The number of fused-ring (bicyclic) bond motifs is 1. The molecule has 7 nitrogen and oxygen atoms in total. The van der Waals surface area contributed by atoms with Crippen molar-refractivity contribution in [3.8, 4) is 11.5 Å². The molecule has 0 bridgehead atoms. The molecule has 0 aliphatic carbocycles. The van der Waals surface area contributed by atoms with E-state index in [0.717, 1.165) is 5.56 Å². The Balaban J connectivity index is 2.05. The van der Waals surface area contributed by atoms with E-state index in [-0.39, 0.29) is 27.6 Å². The number of hydrogen-bond acceptors (Lipinski definition) is 5. The van der Waals surface area contributed by atoms with Crippen molar-refractivity contribution in [3.05, 3.63) is 45.9 Å². The molecule has 0 spiro atoms. The fourth-order valence-electron chi connectivity index (χ4n) is 2.37. The highest BCUT2D eigenvalue weighted by atomic mass is 79.9. The Labute approximate surface area is 152 Å². The summed E-state index contributed by atoms with van der Waals surface area (Å²) in [5.41, 5.74) is 0.566. The molecule has 1 heterocycles. The van der Waals surface area contributed by atoms with Crippen molar-refractivity contribution in [1.29, 1.82) is 0 Å². The zero-order valence-electron chi connectivity index (χ0n) is 13.1. The Bertz CT molecular complexity index is 957. The average Bonchev–Trinajstić information content (AvgIpc) is 2.53. The van der Waals surface area contributed by atoms with Gasteiger partial charge < -0.3 is 14.6 Å². The highest BCUT2D eigenvalue weighted by Gasteiger charge is 2.24. The summed E-state index contributed by atoms with van der Waals surface area (Å²) in [6.07, 6.45) is 0. The molecule has 2 aromatic carbocycles. The first-order valence-electron chi connectivity index (χ1n) is 7.24. The van der Waals surface area contributed by atoms with Gasteiger partial charge in [-0.25, -0.2) is 13.2 Å². The van der Waals surface area contributed by atoms with Crippen LogP contribution in [-0.4, -0.2) is 32.7 Å². The van der Waals surface area contributed by atoms with E-state index in [0.29, 0.717) is 17.7 Å². The lowest BCUT2D eigenvalue weighted by atomic mass is 10.1. The van der Waals surface area contributed by atoms with Crippen molar-refractivity contribution in [2.45, 2.75) is 11.8 Å². The molecule has 0 aromatic heterocycles. The van der Waals surface area contributed by atoms with Gasteiger partial charge in [0.1, 0.15) is 18.1 Å². The SMILES string of the molecule is Cc1ccc(S(=O)(=O)Nc2cc3c(cc2C(=O)O)OCCO3)c(Br)c1. The predicted octanol–water partition coefficient (Wildman–Crippen LogP) is 3.03. The summed E-state index contributed by atoms with van der Waals surface area (Å²) >= 11 is 3.22. The summed E-state index contributed by atoms with van der Waals surface area (Å²) in [6.45, 7) is 2.43. The van der Waals surface area contributed by atoms with Crippen molar-refractivity contribution < 1.29 is 27.8 Å². The van der Waals surface area contributed by atoms with Crippen molar-refractivity contribution in [3.63, 3.8) is 0 Å². The Kier molecular flexibility index (Phi) is 4.61. The van der Waals surface area contributed by atoms with E-state index in [1.54, 1.807) is 12.1 Å². The van der Waals surface area contributed by atoms with E-state index in [4.69, 9.17) is 9.47 Å². The van der Waals surface area contributed by atoms with Crippen LogP contribution in [0.1, 0.15) is 15.9 Å². The molecule has 132 valence electrons. The molecule has 25 heavy (non-hydrogen) atoms. The number of benzene rings is 2. The van der Waals surface area contributed by atoms with Crippen LogP contribution in [0.15, 0.2) is 39.7 Å². The number of anilines is 1. The molecule has 2 N–H and O–H groups in total. The van der Waals surface area contributed by atoms with Gasteiger partial charge in [0, 0.05) is 16.6 Å². The smallest absolute Gasteiger partial charge is 0.337 e. The number of rotatable bonds is 4. The van der Waals surface area contributed by atoms with Crippen LogP contribution < -0.4 is 14.2 Å². The molecule has 2 aromatic rings. The second-order valence-electron chi connectivity index (χ2n) is 5.39. The average molecular weight is 428 g/mol. The predicted molar refractivity (Wildman–Crippen MR) is 94.1 cm³/mol. The van der Waals surface area contributed by atoms with Gasteiger partial charge in [0.25, 0.3) is 10.0 Å². The van der Waals surface area contributed by atoms with Gasteiger partial charge in [-0.15, -0.1) is 0 Å². The van der Waals surface area contributed by atoms with E-state index in [1.807, 2.05) is 6.92 Å². The van der Waals surface area contributed by atoms with Crippen LogP contribution >= 0.6 is 15.9 Å². The standard InChI is InChI=1S/C16H14BrNO6S/c1-9-2-3-15(11(17)6-9)25(21,22)18-12-8-14-13(23-4-5-24-14)7-10(12)16(19)20/h2-3,6-8,18H,4-5H2,1H3,(H,19,20). The molecule has 0 saturated heterocycles. The van der Waals surface area contributed by atoms with Crippen LogP contribution in [0.5, 0.6) is 11.5 Å². The topological polar surface area (TPSA) is 102 Å². The van der Waals surface area contributed by atoms with E-state index in [9.17, 15) is 18.3 Å². The Morgan fingerprint density at radius 3 is 2.40 bits per heavy atom. The molecular weight excluding hydrogens is 414 g/mol. The van der Waals surface area contributed by atoms with Gasteiger partial charge in [-0.3, -0.25) is 4.72 Å². The zero-order chi connectivity index (χ0) is 18.2. The van der Waals surface area contributed by atoms with E-state index < -0.39 is 16.0 Å². The summed E-state index contributed by atoms with van der Waals surface area (Å²) in [6, 6.07) is 7.33. The van der Waals surface area contributed by atoms with E-state index in [1.165, 1.54) is 18.2 Å². The van der Waals surface area contributed by atoms with Crippen molar-refractivity contribution in [2.75, 3.05) is 17.9 Å². The Morgan fingerprint density at radius 1 is 1.16 bits per heavy atom. The number of carboxylic acids is 1. The summed E-state index contributed by atoms with van der Waals surface area (Å²) in [4.78, 5) is 11.5. The lowest BCUT2D eigenvalue weighted by molar-refractivity contribution is 0.0697.